The molecule has 2 rings (SSSR count). The summed E-state index contributed by atoms with van der Waals surface area (Å²) in [6.07, 6.45) is -4.34. The Morgan fingerprint density at radius 1 is 1.26 bits per heavy atom. The molecule has 0 aliphatic carbocycles. The third-order valence-corrected chi connectivity index (χ3v) is 3.75. The minimum absolute atomic E-state index is 0.0648. The highest BCUT2D eigenvalue weighted by molar-refractivity contribution is 9.10. The van der Waals surface area contributed by atoms with Crippen molar-refractivity contribution in [2.45, 2.75) is 12.2 Å². The molecule has 1 atom stereocenters. The summed E-state index contributed by atoms with van der Waals surface area (Å²) in [5.41, 5.74) is 0.138. The molecule has 1 aliphatic heterocycles. The number of hydrogen-bond acceptors (Lipinski definition) is 3. The third-order valence-electron chi connectivity index (χ3n) is 3.11. The van der Waals surface area contributed by atoms with Gasteiger partial charge < -0.3 is 10.4 Å². The largest absolute Gasteiger partial charge is 0.507 e. The highest BCUT2D eigenvalue weighted by Gasteiger charge is 2.44. The molecule has 3 nitrogen and oxygen atoms in total. The maximum Gasteiger partial charge on any atom is 0.408 e. The van der Waals surface area contributed by atoms with E-state index in [1.165, 1.54) is 23.1 Å². The Morgan fingerprint density at radius 3 is 2.42 bits per heavy atom. The second kappa shape index (κ2) is 5.68. The Kier molecular flexibility index (Phi) is 4.37. The van der Waals surface area contributed by atoms with Crippen LogP contribution in [0.25, 0.3) is 0 Å². The van der Waals surface area contributed by atoms with Crippen molar-refractivity contribution in [3.8, 4) is 5.75 Å². The van der Waals surface area contributed by atoms with Crippen LogP contribution in [0.2, 0.25) is 0 Å². The van der Waals surface area contributed by atoms with Crippen LogP contribution in [-0.4, -0.2) is 42.4 Å². The van der Waals surface area contributed by atoms with Crippen molar-refractivity contribution >= 4 is 15.9 Å². The van der Waals surface area contributed by atoms with Gasteiger partial charge in [0.05, 0.1) is 4.47 Å². The van der Waals surface area contributed by atoms with Crippen molar-refractivity contribution in [3.05, 3.63) is 28.2 Å². The summed E-state index contributed by atoms with van der Waals surface area (Å²) < 4.78 is 40.1. The van der Waals surface area contributed by atoms with E-state index in [-0.39, 0.29) is 15.8 Å². The number of halogens is 4. The van der Waals surface area contributed by atoms with E-state index < -0.39 is 12.2 Å². The number of phenolic OH excluding ortho intramolecular Hbond substituents is 1. The predicted octanol–water partition coefficient (Wildman–Crippen LogP) is 2.66. The number of benzene rings is 1. The maximum absolute atomic E-state index is 13.3. The van der Waals surface area contributed by atoms with Gasteiger partial charge in [-0.05, 0) is 33.6 Å². The minimum atomic E-state index is -4.34. The highest BCUT2D eigenvalue weighted by Crippen LogP contribution is 2.39. The smallest absolute Gasteiger partial charge is 0.408 e. The summed E-state index contributed by atoms with van der Waals surface area (Å²) in [5.74, 6) is -0.0648. The molecule has 0 unspecified atom stereocenters. The van der Waals surface area contributed by atoms with E-state index in [4.69, 9.17) is 0 Å². The molecule has 1 aromatic carbocycles. The Hall–Kier alpha value is -0.790. The van der Waals surface area contributed by atoms with E-state index in [0.29, 0.717) is 26.2 Å². The molecular formula is C12H14BrF3N2O. The lowest BCUT2D eigenvalue weighted by Crippen LogP contribution is -2.49. The molecule has 7 heteroatoms. The van der Waals surface area contributed by atoms with Gasteiger partial charge in [0.25, 0.3) is 0 Å². The molecule has 19 heavy (non-hydrogen) atoms. The number of phenols is 1. The maximum atomic E-state index is 13.3. The molecular weight excluding hydrogens is 325 g/mol. The average Bonchev–Trinajstić information content (AvgIpc) is 2.34. The summed E-state index contributed by atoms with van der Waals surface area (Å²) in [6, 6.07) is 2.29. The number of nitrogens with one attached hydrogen (secondary N) is 1. The fourth-order valence-electron chi connectivity index (χ4n) is 2.24. The van der Waals surface area contributed by atoms with Gasteiger partial charge >= 0.3 is 6.18 Å². The van der Waals surface area contributed by atoms with Gasteiger partial charge in [0.15, 0.2) is 0 Å². The SMILES string of the molecule is Oc1ccc([C@H](N2CCNCC2)C(F)(F)F)cc1Br. The topological polar surface area (TPSA) is 35.5 Å². The van der Waals surface area contributed by atoms with E-state index >= 15 is 0 Å². The summed E-state index contributed by atoms with van der Waals surface area (Å²) in [4.78, 5) is 1.41. The molecule has 1 aliphatic rings. The van der Waals surface area contributed by atoms with Gasteiger partial charge in [0.2, 0.25) is 0 Å². The zero-order valence-electron chi connectivity index (χ0n) is 10.0. The summed E-state index contributed by atoms with van der Waals surface area (Å²) in [5, 5.41) is 12.4. The fraction of sp³-hybridized carbons (Fsp3) is 0.500. The Balaban J connectivity index is 2.33. The highest BCUT2D eigenvalue weighted by atomic mass is 79.9. The van der Waals surface area contributed by atoms with Crippen molar-refractivity contribution in [1.29, 1.82) is 0 Å². The van der Waals surface area contributed by atoms with Crippen LogP contribution in [0.3, 0.4) is 0 Å². The first-order valence-corrected chi connectivity index (χ1v) is 6.69. The predicted molar refractivity (Wildman–Crippen MR) is 69.0 cm³/mol. The van der Waals surface area contributed by atoms with Gasteiger partial charge in [0.1, 0.15) is 11.8 Å². The van der Waals surface area contributed by atoms with Gasteiger partial charge in [-0.2, -0.15) is 13.2 Å². The number of nitrogens with zero attached hydrogens (tertiary/aromatic N) is 1. The fourth-order valence-corrected chi connectivity index (χ4v) is 2.64. The molecule has 1 aromatic rings. The zero-order valence-corrected chi connectivity index (χ0v) is 11.6. The molecule has 2 N–H and O–H groups in total. The second-order valence-electron chi connectivity index (χ2n) is 4.44. The van der Waals surface area contributed by atoms with E-state index in [0.717, 1.165) is 0 Å². The van der Waals surface area contributed by atoms with Crippen molar-refractivity contribution in [2.75, 3.05) is 26.2 Å². The molecule has 0 bridgehead atoms. The number of alkyl halides is 3. The first-order chi connectivity index (χ1) is 8.89. The quantitative estimate of drug-likeness (QED) is 0.870. The first kappa shape index (κ1) is 14.6. The van der Waals surface area contributed by atoms with Crippen molar-refractivity contribution < 1.29 is 18.3 Å². The lowest BCUT2D eigenvalue weighted by molar-refractivity contribution is -0.187. The molecule has 0 saturated carbocycles. The van der Waals surface area contributed by atoms with Gasteiger partial charge in [-0.3, -0.25) is 4.90 Å². The standard InChI is InChI=1S/C12H14BrF3N2O/c13-9-7-8(1-2-10(9)19)11(12(14,15)16)18-5-3-17-4-6-18/h1-2,7,11,17,19H,3-6H2/t11-/m0/s1. The molecule has 0 spiro atoms. The van der Waals surface area contributed by atoms with Crippen LogP contribution in [0, 0.1) is 0 Å². The summed E-state index contributed by atoms with van der Waals surface area (Å²) in [6.45, 7) is 1.79. The summed E-state index contributed by atoms with van der Waals surface area (Å²) >= 11 is 3.06. The van der Waals surface area contributed by atoms with Crippen LogP contribution in [0.15, 0.2) is 22.7 Å². The van der Waals surface area contributed by atoms with E-state index in [9.17, 15) is 18.3 Å². The van der Waals surface area contributed by atoms with Crippen LogP contribution in [0.1, 0.15) is 11.6 Å². The minimum Gasteiger partial charge on any atom is -0.507 e. The van der Waals surface area contributed by atoms with E-state index in [1.807, 2.05) is 0 Å². The van der Waals surface area contributed by atoms with Crippen LogP contribution in [0.4, 0.5) is 13.2 Å². The van der Waals surface area contributed by atoms with E-state index in [1.54, 1.807) is 0 Å². The molecule has 1 fully saturated rings. The van der Waals surface area contributed by atoms with Crippen LogP contribution in [0.5, 0.6) is 5.75 Å². The molecule has 0 amide bonds. The van der Waals surface area contributed by atoms with Gasteiger partial charge in [-0.15, -0.1) is 0 Å². The van der Waals surface area contributed by atoms with E-state index in [2.05, 4.69) is 21.2 Å². The molecule has 0 aromatic heterocycles. The lowest BCUT2D eigenvalue weighted by Gasteiger charge is -2.36. The van der Waals surface area contributed by atoms with Gasteiger partial charge in [0, 0.05) is 26.2 Å². The van der Waals surface area contributed by atoms with Crippen molar-refractivity contribution in [1.82, 2.24) is 10.2 Å². The number of rotatable bonds is 2. The molecule has 106 valence electrons. The first-order valence-electron chi connectivity index (χ1n) is 5.89. The van der Waals surface area contributed by atoms with Crippen LogP contribution in [-0.2, 0) is 0 Å². The van der Waals surface area contributed by atoms with Crippen LogP contribution >= 0.6 is 15.9 Å². The molecule has 1 heterocycles. The lowest BCUT2D eigenvalue weighted by atomic mass is 10.0. The number of piperazine rings is 1. The zero-order chi connectivity index (χ0) is 14.0. The third kappa shape index (κ3) is 3.40. The Morgan fingerprint density at radius 2 is 1.89 bits per heavy atom. The average molecular weight is 339 g/mol. The van der Waals surface area contributed by atoms with Gasteiger partial charge in [-0.25, -0.2) is 0 Å². The molecule has 1 saturated heterocycles. The monoisotopic (exact) mass is 338 g/mol. The molecule has 0 radical (unpaired) electrons. The Labute approximate surface area is 117 Å². The van der Waals surface area contributed by atoms with Gasteiger partial charge in [-0.1, -0.05) is 6.07 Å². The number of aromatic hydroxyl groups is 1. The Bertz CT molecular complexity index is 447. The normalized spacial score (nSPS) is 19.4. The summed E-state index contributed by atoms with van der Waals surface area (Å²) in [7, 11) is 0. The van der Waals surface area contributed by atoms with Crippen molar-refractivity contribution in [3.63, 3.8) is 0 Å². The second-order valence-corrected chi connectivity index (χ2v) is 5.30. The number of hydrogen-bond donors (Lipinski definition) is 2. The van der Waals surface area contributed by atoms with Crippen molar-refractivity contribution in [2.24, 2.45) is 0 Å². The van der Waals surface area contributed by atoms with Crippen LogP contribution < -0.4 is 5.32 Å².